The fourth-order valence-electron chi connectivity index (χ4n) is 3.77. The Morgan fingerprint density at radius 1 is 1.20 bits per heavy atom. The number of carbonyl (C=O) groups is 3. The van der Waals surface area contributed by atoms with E-state index in [1.807, 2.05) is 0 Å². The van der Waals surface area contributed by atoms with Crippen molar-refractivity contribution in [2.24, 2.45) is 0 Å². The van der Waals surface area contributed by atoms with Crippen molar-refractivity contribution in [1.29, 1.82) is 0 Å². The van der Waals surface area contributed by atoms with E-state index in [1.165, 1.54) is 23.1 Å². The Balaban J connectivity index is 1.55. The van der Waals surface area contributed by atoms with E-state index in [-0.39, 0.29) is 48.2 Å². The van der Waals surface area contributed by atoms with Gasteiger partial charge in [0, 0.05) is 41.9 Å². The second-order valence-corrected chi connectivity index (χ2v) is 8.00. The molecule has 3 amide bonds. The van der Waals surface area contributed by atoms with Crippen molar-refractivity contribution in [3.63, 3.8) is 0 Å². The molecule has 2 aliphatic heterocycles. The van der Waals surface area contributed by atoms with Crippen LogP contribution >= 0.6 is 0 Å². The Hall–Kier alpha value is -3.11. The summed E-state index contributed by atoms with van der Waals surface area (Å²) < 4.78 is 34.8. The van der Waals surface area contributed by atoms with Gasteiger partial charge in [0.2, 0.25) is 11.8 Å². The zero-order chi connectivity index (χ0) is 21.4. The normalized spacial score (nSPS) is 19.5. The molecule has 30 heavy (non-hydrogen) atoms. The van der Waals surface area contributed by atoms with Gasteiger partial charge in [0.25, 0.3) is 5.91 Å². The van der Waals surface area contributed by atoms with Crippen LogP contribution in [0.3, 0.4) is 0 Å². The Bertz CT molecular complexity index is 1090. The molecule has 1 fully saturated rings. The first-order chi connectivity index (χ1) is 14.4. The zero-order valence-electron chi connectivity index (χ0n) is 15.7. The van der Waals surface area contributed by atoms with Gasteiger partial charge in [-0.1, -0.05) is 18.2 Å². The van der Waals surface area contributed by atoms with Crippen molar-refractivity contribution in [1.82, 2.24) is 10.2 Å². The predicted molar refractivity (Wildman–Crippen MR) is 105 cm³/mol. The summed E-state index contributed by atoms with van der Waals surface area (Å²) in [7, 11) is 0. The molecule has 0 aliphatic carbocycles. The third-order valence-corrected chi connectivity index (χ3v) is 5.97. The van der Waals surface area contributed by atoms with Crippen LogP contribution < -0.4 is 10.6 Å². The quantitative estimate of drug-likeness (QED) is 0.491. The minimum atomic E-state index is -2.43. The monoisotopic (exact) mass is 431 g/mol. The van der Waals surface area contributed by atoms with Gasteiger partial charge in [-0.2, -0.15) is 0 Å². The first-order valence-corrected chi connectivity index (χ1v) is 10.4. The van der Waals surface area contributed by atoms with Crippen molar-refractivity contribution in [2.75, 3.05) is 5.32 Å². The molecule has 10 heteroatoms. The van der Waals surface area contributed by atoms with Gasteiger partial charge >= 0.3 is 0 Å². The van der Waals surface area contributed by atoms with Crippen LogP contribution in [-0.2, 0) is 33.8 Å². The number of hydrogen-bond donors (Lipinski definition) is 3. The number of nitrogens with one attached hydrogen (secondary N) is 2. The lowest BCUT2D eigenvalue weighted by atomic mass is 10.0. The Kier molecular flexibility index (Phi) is 5.35. The maximum absolute atomic E-state index is 14.4. The number of piperidine rings is 1. The molecule has 2 atom stereocenters. The van der Waals surface area contributed by atoms with Crippen LogP contribution in [0.25, 0.3) is 0 Å². The molecule has 0 bridgehead atoms. The smallest absolute Gasteiger partial charge is 0.255 e. The molecule has 1 saturated heterocycles. The molecule has 0 aromatic heterocycles. The fourth-order valence-corrected chi connectivity index (χ4v) is 4.25. The van der Waals surface area contributed by atoms with E-state index in [9.17, 15) is 27.5 Å². The van der Waals surface area contributed by atoms with E-state index in [1.54, 1.807) is 18.2 Å². The van der Waals surface area contributed by atoms with Crippen LogP contribution in [0.15, 0.2) is 41.3 Å². The van der Waals surface area contributed by atoms with Crippen molar-refractivity contribution >= 4 is 34.5 Å². The molecule has 2 aliphatic rings. The number of nitrogens with zero attached hydrogens (tertiary/aromatic N) is 1. The minimum absolute atomic E-state index is 0.0416. The lowest BCUT2D eigenvalue weighted by molar-refractivity contribution is -0.136. The van der Waals surface area contributed by atoms with E-state index in [0.29, 0.717) is 16.8 Å². The molecule has 0 radical (unpaired) electrons. The molecule has 3 N–H and O–H groups in total. The van der Waals surface area contributed by atoms with Crippen molar-refractivity contribution in [2.45, 2.75) is 36.9 Å². The SMILES string of the molecule is O=C1CCC(N2Cc3c(NCc4cccc(S(=O)O)c4F)cccc3C2=O)C(=O)N1. The maximum Gasteiger partial charge on any atom is 0.255 e. The first-order valence-electron chi connectivity index (χ1n) is 9.25. The summed E-state index contributed by atoms with van der Waals surface area (Å²) in [6, 6.07) is 8.60. The Morgan fingerprint density at radius 2 is 1.97 bits per heavy atom. The van der Waals surface area contributed by atoms with Crippen LogP contribution in [0.2, 0.25) is 0 Å². The standard InChI is InChI=1S/C20H18FN3O5S/c21-18-11(3-1-6-16(18)30(28)29)9-22-14-5-2-4-12-13(14)10-24(20(12)27)15-7-8-17(25)23-19(15)26/h1-6,15,22H,7-10H2,(H,28,29)(H,23,25,26). The van der Waals surface area contributed by atoms with Gasteiger partial charge < -0.3 is 14.8 Å². The topological polar surface area (TPSA) is 116 Å². The lowest BCUT2D eigenvalue weighted by Crippen LogP contribution is -2.52. The van der Waals surface area contributed by atoms with E-state index < -0.39 is 28.8 Å². The largest absolute Gasteiger partial charge is 0.381 e. The molecule has 2 unspecified atom stereocenters. The number of benzene rings is 2. The fraction of sp³-hybridized carbons (Fsp3) is 0.250. The van der Waals surface area contributed by atoms with E-state index >= 15 is 0 Å². The Morgan fingerprint density at radius 3 is 2.70 bits per heavy atom. The number of halogens is 1. The molecule has 156 valence electrons. The number of hydrogen-bond acceptors (Lipinski definition) is 5. The van der Waals surface area contributed by atoms with Gasteiger partial charge in [-0.25, -0.2) is 8.60 Å². The Labute approximate surface area is 173 Å². The van der Waals surface area contributed by atoms with Crippen LogP contribution in [0.1, 0.15) is 34.3 Å². The van der Waals surface area contributed by atoms with Crippen LogP contribution in [-0.4, -0.2) is 37.4 Å². The summed E-state index contributed by atoms with van der Waals surface area (Å²) in [5, 5.41) is 5.34. The summed E-state index contributed by atoms with van der Waals surface area (Å²) >= 11 is -2.43. The highest BCUT2D eigenvalue weighted by molar-refractivity contribution is 7.79. The maximum atomic E-state index is 14.4. The molecule has 2 heterocycles. The molecular formula is C20H18FN3O5S. The number of amides is 3. The number of anilines is 1. The summed E-state index contributed by atoms with van der Waals surface area (Å²) in [5.74, 6) is -1.90. The third kappa shape index (κ3) is 3.59. The van der Waals surface area contributed by atoms with Gasteiger partial charge in [-0.05, 0) is 24.6 Å². The molecule has 8 nitrogen and oxygen atoms in total. The summed E-state index contributed by atoms with van der Waals surface area (Å²) in [4.78, 5) is 37.5. The molecule has 4 rings (SSSR count). The molecule has 2 aromatic carbocycles. The second kappa shape index (κ2) is 7.96. The molecular weight excluding hydrogens is 413 g/mol. The van der Waals surface area contributed by atoms with E-state index in [0.717, 1.165) is 0 Å². The van der Waals surface area contributed by atoms with Crippen molar-refractivity contribution in [3.8, 4) is 0 Å². The van der Waals surface area contributed by atoms with Crippen LogP contribution in [0.5, 0.6) is 0 Å². The molecule has 0 saturated carbocycles. The second-order valence-electron chi connectivity index (χ2n) is 7.06. The zero-order valence-corrected chi connectivity index (χ0v) is 16.5. The van der Waals surface area contributed by atoms with E-state index in [4.69, 9.17) is 0 Å². The highest BCUT2D eigenvalue weighted by Crippen LogP contribution is 2.32. The first kappa shape index (κ1) is 20.2. The lowest BCUT2D eigenvalue weighted by Gasteiger charge is -2.29. The van der Waals surface area contributed by atoms with Gasteiger partial charge in [0.05, 0.1) is 0 Å². The minimum Gasteiger partial charge on any atom is -0.381 e. The van der Waals surface area contributed by atoms with Crippen LogP contribution in [0, 0.1) is 5.82 Å². The van der Waals surface area contributed by atoms with Gasteiger partial charge in [-0.3, -0.25) is 19.7 Å². The van der Waals surface area contributed by atoms with Gasteiger partial charge in [-0.15, -0.1) is 0 Å². The summed E-state index contributed by atoms with van der Waals surface area (Å²) in [6.07, 6.45) is 0.437. The predicted octanol–water partition coefficient (Wildman–Crippen LogP) is 1.78. The number of fused-ring (bicyclic) bond motifs is 1. The van der Waals surface area contributed by atoms with Gasteiger partial charge in [0.15, 0.2) is 11.1 Å². The number of imide groups is 1. The molecule has 2 aromatic rings. The molecule has 0 spiro atoms. The van der Waals surface area contributed by atoms with Crippen molar-refractivity contribution in [3.05, 3.63) is 58.9 Å². The number of rotatable bonds is 5. The highest BCUT2D eigenvalue weighted by atomic mass is 32.2. The average molecular weight is 431 g/mol. The number of carbonyl (C=O) groups excluding carboxylic acids is 3. The third-order valence-electron chi connectivity index (χ3n) is 5.28. The summed E-state index contributed by atoms with van der Waals surface area (Å²) in [6.45, 7) is 0.229. The van der Waals surface area contributed by atoms with Gasteiger partial charge in [0.1, 0.15) is 16.8 Å². The van der Waals surface area contributed by atoms with Crippen LogP contribution in [0.4, 0.5) is 10.1 Å². The average Bonchev–Trinajstić information content (AvgIpc) is 3.04. The van der Waals surface area contributed by atoms with Crippen molar-refractivity contribution < 1.29 is 27.5 Å². The highest BCUT2D eigenvalue weighted by Gasteiger charge is 2.39. The summed E-state index contributed by atoms with van der Waals surface area (Å²) in [5.41, 5.74) is 1.93. The van der Waals surface area contributed by atoms with E-state index in [2.05, 4.69) is 10.6 Å².